The van der Waals surface area contributed by atoms with E-state index in [1.165, 1.54) is 12.1 Å². The Bertz CT molecular complexity index is 438. The molecule has 1 rings (SSSR count). The minimum absolute atomic E-state index is 0.0293. The van der Waals surface area contributed by atoms with Gasteiger partial charge in [0.2, 0.25) is 5.91 Å². The van der Waals surface area contributed by atoms with Crippen LogP contribution < -0.4 is 5.73 Å². The minimum Gasteiger partial charge on any atom is -0.366 e. The van der Waals surface area contributed by atoms with E-state index in [9.17, 15) is 14.9 Å². The Morgan fingerprint density at radius 3 is 2.73 bits per heavy atom. The van der Waals surface area contributed by atoms with Gasteiger partial charge in [-0.25, -0.2) is 0 Å². The topological polar surface area (TPSA) is 86.2 Å². The second-order valence-corrected chi connectivity index (χ2v) is 3.04. The van der Waals surface area contributed by atoms with Crippen LogP contribution in [0, 0.1) is 17.0 Å². The van der Waals surface area contributed by atoms with Crippen molar-refractivity contribution in [2.24, 2.45) is 5.73 Å². The summed E-state index contributed by atoms with van der Waals surface area (Å²) in [5.74, 6) is -0.585. The molecule has 0 heterocycles. The molecule has 0 atom stereocenters. The third-order valence-electron chi connectivity index (χ3n) is 1.87. The lowest BCUT2D eigenvalue weighted by Crippen LogP contribution is -2.05. The van der Waals surface area contributed by atoms with Gasteiger partial charge in [-0.3, -0.25) is 14.9 Å². The fraction of sp³-hybridized carbons (Fsp3) is 0.100. The van der Waals surface area contributed by atoms with E-state index in [-0.39, 0.29) is 5.69 Å². The molecule has 0 saturated heterocycles. The van der Waals surface area contributed by atoms with Crippen LogP contribution >= 0.6 is 0 Å². The summed E-state index contributed by atoms with van der Waals surface area (Å²) in [5, 5.41) is 10.6. The summed E-state index contributed by atoms with van der Waals surface area (Å²) >= 11 is 0. The number of nitrogens with two attached hydrogens (primary N) is 1. The van der Waals surface area contributed by atoms with Crippen LogP contribution in [0.3, 0.4) is 0 Å². The molecule has 5 heteroatoms. The number of rotatable bonds is 3. The summed E-state index contributed by atoms with van der Waals surface area (Å²) < 4.78 is 0. The molecule has 15 heavy (non-hydrogen) atoms. The zero-order valence-corrected chi connectivity index (χ0v) is 8.14. The molecule has 78 valence electrons. The largest absolute Gasteiger partial charge is 0.366 e. The monoisotopic (exact) mass is 206 g/mol. The number of nitrogens with zero attached hydrogens (tertiary/aromatic N) is 1. The zero-order chi connectivity index (χ0) is 11.4. The molecular weight excluding hydrogens is 196 g/mol. The molecule has 0 bridgehead atoms. The van der Waals surface area contributed by atoms with Gasteiger partial charge in [0, 0.05) is 17.7 Å². The minimum atomic E-state index is -0.585. The van der Waals surface area contributed by atoms with Crippen molar-refractivity contribution in [1.29, 1.82) is 0 Å². The van der Waals surface area contributed by atoms with Gasteiger partial charge in [-0.15, -0.1) is 0 Å². The van der Waals surface area contributed by atoms with Crippen LogP contribution in [0.2, 0.25) is 0 Å². The first kappa shape index (κ1) is 10.9. The second-order valence-electron chi connectivity index (χ2n) is 3.04. The number of carbonyl (C=O) groups excluding carboxylic acids is 1. The van der Waals surface area contributed by atoms with Gasteiger partial charge in [0.1, 0.15) is 0 Å². The van der Waals surface area contributed by atoms with Crippen LogP contribution in [0.4, 0.5) is 5.69 Å². The number of benzene rings is 1. The number of nitro benzene ring substituents is 1. The molecule has 1 aromatic carbocycles. The zero-order valence-electron chi connectivity index (χ0n) is 8.14. The summed E-state index contributed by atoms with van der Waals surface area (Å²) in [6.45, 7) is 1.65. The quantitative estimate of drug-likeness (QED) is 0.460. The number of nitro groups is 1. The van der Waals surface area contributed by atoms with Crippen molar-refractivity contribution in [3.8, 4) is 0 Å². The van der Waals surface area contributed by atoms with Crippen LogP contribution in [0.25, 0.3) is 6.08 Å². The van der Waals surface area contributed by atoms with Gasteiger partial charge in [-0.2, -0.15) is 0 Å². The van der Waals surface area contributed by atoms with Gasteiger partial charge in [0.15, 0.2) is 0 Å². The molecule has 1 aromatic rings. The molecule has 1 amide bonds. The first-order chi connectivity index (χ1) is 7.00. The molecule has 0 aliphatic carbocycles. The highest BCUT2D eigenvalue weighted by Gasteiger charge is 2.09. The van der Waals surface area contributed by atoms with Gasteiger partial charge in [0.05, 0.1) is 4.92 Å². The fourth-order valence-corrected chi connectivity index (χ4v) is 1.11. The van der Waals surface area contributed by atoms with Crippen LogP contribution in [-0.4, -0.2) is 10.8 Å². The smallest absolute Gasteiger partial charge is 0.272 e. The third kappa shape index (κ3) is 2.91. The lowest BCUT2D eigenvalue weighted by Gasteiger charge is -1.98. The van der Waals surface area contributed by atoms with Crippen molar-refractivity contribution in [3.63, 3.8) is 0 Å². The summed E-state index contributed by atoms with van der Waals surface area (Å²) in [7, 11) is 0. The fourth-order valence-electron chi connectivity index (χ4n) is 1.11. The molecule has 0 aromatic heterocycles. The average Bonchev–Trinajstić information content (AvgIpc) is 2.16. The van der Waals surface area contributed by atoms with Crippen LogP contribution in [-0.2, 0) is 4.79 Å². The Balaban J connectivity index is 3.08. The Morgan fingerprint density at radius 2 is 2.20 bits per heavy atom. The SMILES string of the molecule is Cc1ccc(/C=C/C(N)=O)cc1[N+](=O)[O-]. The van der Waals surface area contributed by atoms with E-state index in [0.717, 1.165) is 6.08 Å². The second kappa shape index (κ2) is 4.36. The summed E-state index contributed by atoms with van der Waals surface area (Å²) in [5.41, 5.74) is 6.09. The number of primary amides is 1. The number of hydrogen-bond acceptors (Lipinski definition) is 3. The molecule has 0 radical (unpaired) electrons. The maximum absolute atomic E-state index is 10.6. The Labute approximate surface area is 86.4 Å². The van der Waals surface area contributed by atoms with Crippen molar-refractivity contribution in [2.45, 2.75) is 6.92 Å². The van der Waals surface area contributed by atoms with Crippen molar-refractivity contribution >= 4 is 17.7 Å². The van der Waals surface area contributed by atoms with E-state index < -0.39 is 10.8 Å². The lowest BCUT2D eigenvalue weighted by atomic mass is 10.1. The summed E-state index contributed by atoms with van der Waals surface area (Å²) in [6.07, 6.45) is 2.60. The Hall–Kier alpha value is -2.17. The number of aryl methyl sites for hydroxylation is 1. The van der Waals surface area contributed by atoms with Crippen LogP contribution in [0.15, 0.2) is 24.3 Å². The molecule has 0 aliphatic heterocycles. The Kier molecular flexibility index (Phi) is 3.17. The maximum Gasteiger partial charge on any atom is 0.272 e. The average molecular weight is 206 g/mol. The molecule has 0 unspecified atom stereocenters. The molecule has 2 N–H and O–H groups in total. The highest BCUT2D eigenvalue weighted by atomic mass is 16.6. The van der Waals surface area contributed by atoms with Crippen LogP contribution in [0.5, 0.6) is 0 Å². The predicted octanol–water partition coefficient (Wildman–Crippen LogP) is 1.40. The third-order valence-corrected chi connectivity index (χ3v) is 1.87. The highest BCUT2D eigenvalue weighted by Crippen LogP contribution is 2.19. The molecular formula is C10H10N2O3. The molecule has 0 fully saturated rings. The molecule has 0 aliphatic rings. The first-order valence-electron chi connectivity index (χ1n) is 4.23. The van der Waals surface area contributed by atoms with Crippen molar-refractivity contribution in [1.82, 2.24) is 0 Å². The van der Waals surface area contributed by atoms with Crippen molar-refractivity contribution in [2.75, 3.05) is 0 Å². The summed E-state index contributed by atoms with van der Waals surface area (Å²) in [6, 6.07) is 4.70. The molecule has 0 spiro atoms. The normalized spacial score (nSPS) is 10.5. The van der Waals surface area contributed by atoms with Gasteiger partial charge >= 0.3 is 0 Å². The van der Waals surface area contributed by atoms with Gasteiger partial charge < -0.3 is 5.73 Å². The number of carbonyl (C=O) groups is 1. The van der Waals surface area contributed by atoms with Crippen LogP contribution in [0.1, 0.15) is 11.1 Å². The van der Waals surface area contributed by atoms with Crippen molar-refractivity contribution in [3.05, 3.63) is 45.5 Å². The molecule has 5 nitrogen and oxygen atoms in total. The highest BCUT2D eigenvalue weighted by molar-refractivity contribution is 5.90. The van der Waals surface area contributed by atoms with Gasteiger partial charge in [-0.1, -0.05) is 12.1 Å². The Morgan fingerprint density at radius 1 is 1.53 bits per heavy atom. The lowest BCUT2D eigenvalue weighted by molar-refractivity contribution is -0.385. The van der Waals surface area contributed by atoms with E-state index in [0.29, 0.717) is 11.1 Å². The van der Waals surface area contributed by atoms with E-state index in [2.05, 4.69) is 0 Å². The van der Waals surface area contributed by atoms with E-state index in [4.69, 9.17) is 5.73 Å². The van der Waals surface area contributed by atoms with Crippen molar-refractivity contribution < 1.29 is 9.72 Å². The number of amides is 1. The summed E-state index contributed by atoms with van der Waals surface area (Å²) in [4.78, 5) is 20.6. The number of hydrogen-bond donors (Lipinski definition) is 1. The van der Waals surface area contributed by atoms with E-state index in [1.807, 2.05) is 0 Å². The molecule has 0 saturated carbocycles. The van der Waals surface area contributed by atoms with Gasteiger partial charge in [0.25, 0.3) is 5.69 Å². The van der Waals surface area contributed by atoms with Gasteiger partial charge in [-0.05, 0) is 18.6 Å². The predicted molar refractivity (Wildman–Crippen MR) is 56.1 cm³/mol. The van der Waals surface area contributed by atoms with E-state index >= 15 is 0 Å². The van der Waals surface area contributed by atoms with E-state index in [1.54, 1.807) is 19.1 Å². The maximum atomic E-state index is 10.6. The standard InChI is InChI=1S/C10H10N2O3/c1-7-2-3-8(4-5-10(11)13)6-9(7)12(14)15/h2-6H,1H3,(H2,11,13)/b5-4+. The first-order valence-corrected chi connectivity index (χ1v) is 4.23.